The summed E-state index contributed by atoms with van der Waals surface area (Å²) in [6.45, 7) is 5.74. The molecule has 4 heteroatoms. The SMILES string of the molecule is CC(=O)Nc1cc(C)c(C)c2c1c[nH+]c1ccccc12.[Cl-]. The summed E-state index contributed by atoms with van der Waals surface area (Å²) >= 11 is 0. The number of rotatable bonds is 1. The van der Waals surface area contributed by atoms with Gasteiger partial charge in [0.25, 0.3) is 0 Å². The molecular weight excluding hydrogens is 284 g/mol. The lowest BCUT2D eigenvalue weighted by Crippen LogP contribution is -3.00. The van der Waals surface area contributed by atoms with E-state index in [2.05, 4.69) is 36.3 Å². The van der Waals surface area contributed by atoms with Crippen LogP contribution in [0.25, 0.3) is 21.7 Å². The van der Waals surface area contributed by atoms with E-state index in [0.29, 0.717) is 0 Å². The number of nitrogens with one attached hydrogen (secondary N) is 2. The molecule has 108 valence electrons. The fraction of sp³-hybridized carbons (Fsp3) is 0.176. The third-order valence-corrected chi connectivity index (χ3v) is 3.77. The summed E-state index contributed by atoms with van der Waals surface area (Å²) in [5.41, 5.74) is 4.39. The zero-order valence-electron chi connectivity index (χ0n) is 12.3. The van der Waals surface area contributed by atoms with Crippen molar-refractivity contribution in [2.24, 2.45) is 0 Å². The Balaban J connectivity index is 0.00000161. The minimum atomic E-state index is -0.0530. The number of fused-ring (bicyclic) bond motifs is 3. The Labute approximate surface area is 129 Å². The highest BCUT2D eigenvalue weighted by Crippen LogP contribution is 2.32. The third-order valence-electron chi connectivity index (χ3n) is 3.77. The van der Waals surface area contributed by atoms with Gasteiger partial charge in [-0.15, -0.1) is 0 Å². The Morgan fingerprint density at radius 3 is 2.57 bits per heavy atom. The van der Waals surface area contributed by atoms with Crippen LogP contribution in [0, 0.1) is 13.8 Å². The quantitative estimate of drug-likeness (QED) is 0.649. The molecule has 0 spiro atoms. The van der Waals surface area contributed by atoms with Crippen molar-refractivity contribution in [3.63, 3.8) is 0 Å². The first-order valence-corrected chi connectivity index (χ1v) is 6.69. The first kappa shape index (κ1) is 15.3. The van der Waals surface area contributed by atoms with Crippen LogP contribution in [-0.4, -0.2) is 5.91 Å². The van der Waals surface area contributed by atoms with E-state index in [4.69, 9.17) is 0 Å². The number of amides is 1. The molecule has 0 radical (unpaired) electrons. The lowest BCUT2D eigenvalue weighted by atomic mass is 9.97. The van der Waals surface area contributed by atoms with Crippen molar-refractivity contribution in [1.82, 2.24) is 0 Å². The van der Waals surface area contributed by atoms with Crippen LogP contribution in [0.4, 0.5) is 5.69 Å². The first-order valence-electron chi connectivity index (χ1n) is 6.69. The van der Waals surface area contributed by atoms with E-state index in [0.717, 1.165) is 16.6 Å². The maximum atomic E-state index is 11.4. The van der Waals surface area contributed by atoms with Crippen molar-refractivity contribution in [3.05, 3.63) is 47.7 Å². The highest BCUT2D eigenvalue weighted by Gasteiger charge is 2.14. The number of hydrogen-bond acceptors (Lipinski definition) is 1. The number of carbonyl (C=O) groups is 1. The molecule has 21 heavy (non-hydrogen) atoms. The second-order valence-corrected chi connectivity index (χ2v) is 5.17. The summed E-state index contributed by atoms with van der Waals surface area (Å²) in [6.07, 6.45) is 1.97. The molecule has 3 rings (SSSR count). The molecule has 3 aromatic rings. The molecule has 0 fully saturated rings. The van der Waals surface area contributed by atoms with Gasteiger partial charge < -0.3 is 17.7 Å². The van der Waals surface area contributed by atoms with E-state index < -0.39 is 0 Å². The van der Waals surface area contributed by atoms with Gasteiger partial charge in [-0.3, -0.25) is 4.79 Å². The lowest BCUT2D eigenvalue weighted by molar-refractivity contribution is -0.342. The number of carbonyl (C=O) groups excluding carboxylic acids is 1. The van der Waals surface area contributed by atoms with Crippen molar-refractivity contribution in [3.8, 4) is 0 Å². The van der Waals surface area contributed by atoms with E-state index >= 15 is 0 Å². The van der Waals surface area contributed by atoms with E-state index in [1.165, 1.54) is 28.8 Å². The van der Waals surface area contributed by atoms with Crippen LogP contribution >= 0.6 is 0 Å². The summed E-state index contributed by atoms with van der Waals surface area (Å²) in [6, 6.07) is 10.3. The molecule has 0 aliphatic rings. The van der Waals surface area contributed by atoms with E-state index in [1.807, 2.05) is 24.4 Å². The van der Waals surface area contributed by atoms with Crippen LogP contribution in [0.3, 0.4) is 0 Å². The molecule has 0 saturated heterocycles. The number of pyridine rings is 1. The molecular formula is C17H17ClN2O. The highest BCUT2D eigenvalue weighted by atomic mass is 35.5. The molecule has 2 aromatic carbocycles. The average molecular weight is 301 g/mol. The fourth-order valence-electron chi connectivity index (χ4n) is 2.70. The summed E-state index contributed by atoms with van der Waals surface area (Å²) in [7, 11) is 0. The molecule has 1 aromatic heterocycles. The van der Waals surface area contributed by atoms with Gasteiger partial charge in [-0.05, 0) is 37.1 Å². The second kappa shape index (κ2) is 5.70. The maximum Gasteiger partial charge on any atom is 0.221 e. The van der Waals surface area contributed by atoms with E-state index in [-0.39, 0.29) is 18.3 Å². The average Bonchev–Trinajstić information content (AvgIpc) is 2.43. The second-order valence-electron chi connectivity index (χ2n) is 5.17. The van der Waals surface area contributed by atoms with E-state index in [1.54, 1.807) is 0 Å². The minimum absolute atomic E-state index is 0. The van der Waals surface area contributed by atoms with Gasteiger partial charge >= 0.3 is 0 Å². The molecule has 1 heterocycles. The zero-order chi connectivity index (χ0) is 14.3. The number of para-hydroxylation sites is 1. The normalized spacial score (nSPS) is 10.4. The number of hydrogen-bond donors (Lipinski definition) is 1. The summed E-state index contributed by atoms with van der Waals surface area (Å²) in [5, 5.41) is 6.34. The summed E-state index contributed by atoms with van der Waals surface area (Å²) in [5.74, 6) is -0.0530. The number of H-pyrrole nitrogens is 1. The smallest absolute Gasteiger partial charge is 0.221 e. The molecule has 0 aliphatic carbocycles. The van der Waals surface area contributed by atoms with Gasteiger partial charge in [-0.25, -0.2) is 4.98 Å². The Bertz CT molecular complexity index is 843. The van der Waals surface area contributed by atoms with Crippen molar-refractivity contribution in [2.75, 3.05) is 5.32 Å². The Morgan fingerprint density at radius 1 is 1.14 bits per heavy atom. The monoisotopic (exact) mass is 300 g/mol. The largest absolute Gasteiger partial charge is 1.00 e. The van der Waals surface area contributed by atoms with Gasteiger partial charge in [0.15, 0.2) is 6.20 Å². The maximum absolute atomic E-state index is 11.4. The van der Waals surface area contributed by atoms with Crippen molar-refractivity contribution in [1.29, 1.82) is 0 Å². The van der Waals surface area contributed by atoms with Crippen LogP contribution < -0.4 is 22.7 Å². The number of benzene rings is 2. The number of aryl methyl sites for hydroxylation is 2. The predicted molar refractivity (Wildman–Crippen MR) is 81.8 cm³/mol. The Morgan fingerprint density at radius 2 is 1.86 bits per heavy atom. The number of aromatic nitrogens is 1. The fourth-order valence-corrected chi connectivity index (χ4v) is 2.70. The molecule has 0 bridgehead atoms. The third kappa shape index (κ3) is 2.57. The van der Waals surface area contributed by atoms with Crippen LogP contribution in [0.1, 0.15) is 18.1 Å². The molecule has 0 atom stereocenters. The van der Waals surface area contributed by atoms with Crippen molar-refractivity contribution < 1.29 is 22.2 Å². The van der Waals surface area contributed by atoms with Crippen LogP contribution in [0.5, 0.6) is 0 Å². The predicted octanol–water partition coefficient (Wildman–Crippen LogP) is 0.386. The van der Waals surface area contributed by atoms with Gasteiger partial charge in [0.1, 0.15) is 0 Å². The van der Waals surface area contributed by atoms with Crippen LogP contribution in [-0.2, 0) is 4.79 Å². The van der Waals surface area contributed by atoms with Crippen molar-refractivity contribution in [2.45, 2.75) is 20.8 Å². The minimum Gasteiger partial charge on any atom is -1.00 e. The summed E-state index contributed by atoms with van der Waals surface area (Å²) in [4.78, 5) is 14.7. The Kier molecular flexibility index (Phi) is 4.14. The van der Waals surface area contributed by atoms with Gasteiger partial charge in [0.05, 0.1) is 16.5 Å². The zero-order valence-corrected chi connectivity index (χ0v) is 13.0. The first-order chi connectivity index (χ1) is 9.58. The van der Waals surface area contributed by atoms with Crippen molar-refractivity contribution >= 4 is 33.3 Å². The standard InChI is InChI=1S/C17H16N2O.ClH/c1-10-8-16(19-12(3)20)14-9-18-15-7-5-4-6-13(15)17(14)11(10)2;/h4-9H,1-3H3,(H,19,20);1H. The highest BCUT2D eigenvalue weighted by molar-refractivity contribution is 6.12. The molecule has 2 N–H and O–H groups in total. The molecule has 3 nitrogen and oxygen atoms in total. The molecule has 0 saturated carbocycles. The van der Waals surface area contributed by atoms with Gasteiger partial charge in [0, 0.05) is 18.4 Å². The van der Waals surface area contributed by atoms with Gasteiger partial charge in [-0.2, -0.15) is 0 Å². The molecule has 0 aliphatic heterocycles. The topological polar surface area (TPSA) is 43.2 Å². The van der Waals surface area contributed by atoms with Crippen LogP contribution in [0.2, 0.25) is 0 Å². The molecule has 0 unspecified atom stereocenters. The summed E-state index contributed by atoms with van der Waals surface area (Å²) < 4.78 is 0. The number of halogens is 1. The van der Waals surface area contributed by atoms with Crippen LogP contribution in [0.15, 0.2) is 36.5 Å². The lowest BCUT2D eigenvalue weighted by Gasteiger charge is -2.12. The van der Waals surface area contributed by atoms with Gasteiger partial charge in [-0.1, -0.05) is 12.1 Å². The number of anilines is 1. The van der Waals surface area contributed by atoms with Gasteiger partial charge in [0.2, 0.25) is 11.4 Å². The number of aromatic amines is 1. The van der Waals surface area contributed by atoms with E-state index in [9.17, 15) is 4.79 Å². The Hall–Kier alpha value is -2.13. The molecule has 1 amide bonds.